The fraction of sp³-hybridized carbons (Fsp3) is 0.875. The summed E-state index contributed by atoms with van der Waals surface area (Å²) in [5, 5.41) is 13.2. The van der Waals surface area contributed by atoms with E-state index in [2.05, 4.69) is 31.3 Å². The first-order valence-electron chi connectivity index (χ1n) is 20.0. The molecule has 3 N–H and O–H groups in total. The Morgan fingerprint density at radius 3 is 1.34 bits per heavy atom. The molecule has 0 radical (unpaired) electrons. The lowest BCUT2D eigenvalue weighted by atomic mass is 10.0. The third-order valence-corrected chi connectivity index (χ3v) is 9.91. The SMILES string of the molecule is CCCCCCCCCCCC/C=C/CC/C=C/C(O)C(CS(=O)(=O)O)NC(=O)CCCCCCCCCCCCCCCCCC. The van der Waals surface area contributed by atoms with Gasteiger partial charge in [0.1, 0.15) is 0 Å². The standard InChI is InChI=1S/C40H77NO5S/c1-3-5-7-9-11-13-15-17-19-21-23-25-27-29-31-33-35-39(42)38(37-47(44,45)46)41-40(43)36-34-32-30-28-26-24-22-20-18-16-14-12-10-8-6-4-2/h25,27,33,35,38-39,42H,3-24,26,28-32,34,36-37H2,1-2H3,(H,41,43)(H,44,45,46)/b27-25+,35-33+. The molecule has 0 saturated carbocycles. The Bertz CT molecular complexity index is 842. The molecule has 0 bridgehead atoms. The van der Waals surface area contributed by atoms with E-state index in [1.54, 1.807) is 0 Å². The van der Waals surface area contributed by atoms with Gasteiger partial charge in [0.05, 0.1) is 17.9 Å². The third kappa shape index (κ3) is 35.9. The number of carbonyl (C=O) groups is 1. The van der Waals surface area contributed by atoms with Crippen molar-refractivity contribution in [2.75, 3.05) is 5.75 Å². The quantitative estimate of drug-likeness (QED) is 0.0346. The zero-order chi connectivity index (χ0) is 34.7. The van der Waals surface area contributed by atoms with Crippen LogP contribution in [-0.4, -0.2) is 41.9 Å². The van der Waals surface area contributed by atoms with Crippen molar-refractivity contribution in [3.05, 3.63) is 24.3 Å². The number of amides is 1. The van der Waals surface area contributed by atoms with Crippen molar-refractivity contribution < 1.29 is 22.9 Å². The lowest BCUT2D eigenvalue weighted by Gasteiger charge is -2.21. The summed E-state index contributed by atoms with van der Waals surface area (Å²) in [4.78, 5) is 12.5. The molecule has 2 atom stereocenters. The molecule has 6 nitrogen and oxygen atoms in total. The first kappa shape index (κ1) is 45.8. The summed E-state index contributed by atoms with van der Waals surface area (Å²) >= 11 is 0. The van der Waals surface area contributed by atoms with Crippen LogP contribution >= 0.6 is 0 Å². The molecule has 0 rings (SSSR count). The number of hydrogen-bond donors (Lipinski definition) is 3. The fourth-order valence-electron chi connectivity index (χ4n) is 6.11. The predicted octanol–water partition coefficient (Wildman–Crippen LogP) is 11.6. The smallest absolute Gasteiger partial charge is 0.267 e. The molecule has 0 aliphatic rings. The zero-order valence-electron chi connectivity index (χ0n) is 30.9. The van der Waals surface area contributed by atoms with E-state index in [1.165, 1.54) is 154 Å². The molecular formula is C40H77NO5S. The average molecular weight is 684 g/mol. The molecule has 0 aliphatic heterocycles. The second kappa shape index (κ2) is 34.7. The summed E-state index contributed by atoms with van der Waals surface area (Å²) in [6.45, 7) is 4.52. The summed E-state index contributed by atoms with van der Waals surface area (Å²) in [5.74, 6) is -0.992. The van der Waals surface area contributed by atoms with Gasteiger partial charge in [0, 0.05) is 6.42 Å². The second-order valence-corrected chi connectivity index (χ2v) is 15.4. The highest BCUT2D eigenvalue weighted by molar-refractivity contribution is 7.85. The number of aliphatic hydroxyl groups excluding tert-OH is 1. The Balaban J connectivity index is 3.96. The van der Waals surface area contributed by atoms with Gasteiger partial charge in [0.2, 0.25) is 5.91 Å². The number of unbranched alkanes of at least 4 members (excludes halogenated alkanes) is 26. The van der Waals surface area contributed by atoms with Crippen LogP contribution in [0.4, 0.5) is 0 Å². The summed E-state index contributed by atoms with van der Waals surface area (Å²) in [5.41, 5.74) is 0. The molecule has 1 amide bonds. The van der Waals surface area contributed by atoms with Gasteiger partial charge in [-0.2, -0.15) is 8.42 Å². The highest BCUT2D eigenvalue weighted by Gasteiger charge is 2.24. The molecule has 47 heavy (non-hydrogen) atoms. The molecule has 0 fully saturated rings. The van der Waals surface area contributed by atoms with Crippen molar-refractivity contribution in [2.24, 2.45) is 0 Å². The summed E-state index contributed by atoms with van der Waals surface area (Å²) in [7, 11) is -4.35. The van der Waals surface area contributed by atoms with E-state index >= 15 is 0 Å². The van der Waals surface area contributed by atoms with Crippen LogP contribution < -0.4 is 5.32 Å². The minimum atomic E-state index is -4.35. The van der Waals surface area contributed by atoms with E-state index in [4.69, 9.17) is 0 Å². The van der Waals surface area contributed by atoms with Gasteiger partial charge in [0.25, 0.3) is 10.1 Å². The molecule has 0 aliphatic carbocycles. The Labute approximate surface area is 292 Å². The molecule has 2 unspecified atom stereocenters. The predicted molar refractivity (Wildman–Crippen MR) is 202 cm³/mol. The molecule has 0 heterocycles. The van der Waals surface area contributed by atoms with E-state index in [1.807, 2.05) is 6.08 Å². The fourth-order valence-corrected chi connectivity index (χ4v) is 6.85. The second-order valence-electron chi connectivity index (χ2n) is 13.9. The molecule has 7 heteroatoms. The lowest BCUT2D eigenvalue weighted by molar-refractivity contribution is -0.122. The van der Waals surface area contributed by atoms with Crippen molar-refractivity contribution in [1.82, 2.24) is 5.32 Å². The van der Waals surface area contributed by atoms with Gasteiger partial charge in [-0.1, -0.05) is 192 Å². The van der Waals surface area contributed by atoms with E-state index in [0.29, 0.717) is 6.42 Å². The maximum atomic E-state index is 12.5. The summed E-state index contributed by atoms with van der Waals surface area (Å²) in [6, 6.07) is -1.07. The number of nitrogens with one attached hydrogen (secondary N) is 1. The molecule has 0 spiro atoms. The summed E-state index contributed by atoms with van der Waals surface area (Å²) < 4.78 is 32.4. The van der Waals surface area contributed by atoms with Crippen molar-refractivity contribution in [3.8, 4) is 0 Å². The molecule has 0 aromatic rings. The maximum Gasteiger partial charge on any atom is 0.267 e. The van der Waals surface area contributed by atoms with E-state index < -0.39 is 28.0 Å². The number of aliphatic hydroxyl groups is 1. The Morgan fingerprint density at radius 2 is 0.915 bits per heavy atom. The number of hydrogen-bond acceptors (Lipinski definition) is 4. The topological polar surface area (TPSA) is 104 Å². The van der Waals surface area contributed by atoms with Crippen LogP contribution in [0.15, 0.2) is 24.3 Å². The van der Waals surface area contributed by atoms with Gasteiger partial charge < -0.3 is 10.4 Å². The first-order chi connectivity index (χ1) is 22.8. The lowest BCUT2D eigenvalue weighted by Crippen LogP contribution is -2.46. The van der Waals surface area contributed by atoms with Crippen LogP contribution in [0.1, 0.15) is 206 Å². The molecule has 278 valence electrons. The van der Waals surface area contributed by atoms with Crippen molar-refractivity contribution in [3.63, 3.8) is 0 Å². The molecule has 0 saturated heterocycles. The first-order valence-corrected chi connectivity index (χ1v) is 21.6. The van der Waals surface area contributed by atoms with Crippen LogP contribution in [-0.2, 0) is 14.9 Å². The minimum absolute atomic E-state index is 0.286. The van der Waals surface area contributed by atoms with E-state index in [9.17, 15) is 22.9 Å². The van der Waals surface area contributed by atoms with Crippen molar-refractivity contribution >= 4 is 16.0 Å². The molecular weight excluding hydrogens is 607 g/mol. The molecule has 0 aromatic heterocycles. The maximum absolute atomic E-state index is 12.5. The average Bonchev–Trinajstić information content (AvgIpc) is 3.03. The highest BCUT2D eigenvalue weighted by atomic mass is 32.2. The number of allylic oxidation sites excluding steroid dienone is 3. The van der Waals surface area contributed by atoms with Gasteiger partial charge in [0.15, 0.2) is 0 Å². The normalized spacial score (nSPS) is 13.5. The van der Waals surface area contributed by atoms with Gasteiger partial charge in [-0.05, 0) is 32.1 Å². The van der Waals surface area contributed by atoms with Gasteiger partial charge in [-0.3, -0.25) is 9.35 Å². The Hall–Kier alpha value is -1.18. The molecule has 0 aromatic carbocycles. The zero-order valence-corrected chi connectivity index (χ0v) is 31.7. The minimum Gasteiger partial charge on any atom is -0.387 e. The van der Waals surface area contributed by atoms with Gasteiger partial charge in [-0.25, -0.2) is 0 Å². The monoisotopic (exact) mass is 684 g/mol. The van der Waals surface area contributed by atoms with Crippen LogP contribution in [0.25, 0.3) is 0 Å². The van der Waals surface area contributed by atoms with Crippen LogP contribution in [0, 0.1) is 0 Å². The van der Waals surface area contributed by atoms with Crippen LogP contribution in [0.5, 0.6) is 0 Å². The largest absolute Gasteiger partial charge is 0.387 e. The van der Waals surface area contributed by atoms with Gasteiger partial charge >= 0.3 is 0 Å². The van der Waals surface area contributed by atoms with Crippen LogP contribution in [0.2, 0.25) is 0 Å². The van der Waals surface area contributed by atoms with Gasteiger partial charge in [-0.15, -0.1) is 0 Å². The third-order valence-electron chi connectivity index (χ3n) is 9.13. The van der Waals surface area contributed by atoms with Crippen LogP contribution in [0.3, 0.4) is 0 Å². The Morgan fingerprint density at radius 1 is 0.553 bits per heavy atom. The highest BCUT2D eigenvalue weighted by Crippen LogP contribution is 2.15. The van der Waals surface area contributed by atoms with Crippen molar-refractivity contribution in [1.29, 1.82) is 0 Å². The Kier molecular flexibility index (Phi) is 33.8. The van der Waals surface area contributed by atoms with E-state index in [0.717, 1.165) is 38.5 Å². The number of carbonyl (C=O) groups excluding carboxylic acids is 1. The van der Waals surface area contributed by atoms with E-state index in [-0.39, 0.29) is 5.91 Å². The van der Waals surface area contributed by atoms with Crippen molar-refractivity contribution in [2.45, 2.75) is 219 Å². The number of rotatable bonds is 36. The summed E-state index contributed by atoms with van der Waals surface area (Å²) in [6.07, 6.45) is 43.0.